The monoisotopic (exact) mass is 323 g/mol. The predicted molar refractivity (Wildman–Crippen MR) is 95.5 cm³/mol. The second-order valence-electron chi connectivity index (χ2n) is 7.11. The van der Waals surface area contributed by atoms with Crippen LogP contribution < -0.4 is 0 Å². The fourth-order valence-corrected chi connectivity index (χ4v) is 4.32. The summed E-state index contributed by atoms with van der Waals surface area (Å²) in [4.78, 5) is 10.1. The normalized spacial score (nSPS) is 17.9. The maximum absolute atomic E-state index is 9.55. The Balaban J connectivity index is 1.91. The third-order valence-electron chi connectivity index (χ3n) is 4.59. The van der Waals surface area contributed by atoms with Crippen LogP contribution in [0.3, 0.4) is 0 Å². The molecule has 1 atom stereocenters. The van der Waals surface area contributed by atoms with Gasteiger partial charge in [-0.2, -0.15) is 5.26 Å². The molecular weight excluding hydrogens is 302 g/mol. The van der Waals surface area contributed by atoms with E-state index in [2.05, 4.69) is 36.8 Å². The Hall–Kier alpha value is -1.99. The molecule has 3 nitrogen and oxygen atoms in total. The highest BCUT2D eigenvalue weighted by molar-refractivity contribution is 7.16. The first-order valence-corrected chi connectivity index (χ1v) is 8.80. The van der Waals surface area contributed by atoms with Crippen molar-refractivity contribution in [3.63, 3.8) is 0 Å². The van der Waals surface area contributed by atoms with Crippen LogP contribution in [0.4, 0.5) is 5.00 Å². The quantitative estimate of drug-likeness (QED) is 0.737. The lowest BCUT2D eigenvalue weighted by Gasteiger charge is -2.33. The molecule has 2 aromatic heterocycles. The van der Waals surface area contributed by atoms with E-state index in [4.69, 9.17) is 0 Å². The number of aliphatic imine (C=N–C) groups is 1. The van der Waals surface area contributed by atoms with Crippen LogP contribution in [-0.4, -0.2) is 11.2 Å². The number of rotatable bonds is 2. The Morgan fingerprint density at radius 1 is 1.39 bits per heavy atom. The first kappa shape index (κ1) is 15.9. The molecule has 0 aliphatic heterocycles. The minimum absolute atomic E-state index is 0.311. The molecule has 0 aromatic carbocycles. The van der Waals surface area contributed by atoms with E-state index in [1.165, 1.54) is 10.4 Å². The highest BCUT2D eigenvalue weighted by Gasteiger charge is 2.32. The van der Waals surface area contributed by atoms with Gasteiger partial charge in [-0.05, 0) is 48.3 Å². The Bertz CT molecular complexity index is 760. The molecule has 0 saturated carbocycles. The SMILES string of the molecule is CC(C)(C)[C@H]1CCc2c(sc(N=Cc3ccccn3)c2C#N)C1. The van der Waals surface area contributed by atoms with Crippen LogP contribution in [0.25, 0.3) is 0 Å². The van der Waals surface area contributed by atoms with Gasteiger partial charge < -0.3 is 0 Å². The van der Waals surface area contributed by atoms with Crippen molar-refractivity contribution in [1.82, 2.24) is 4.98 Å². The van der Waals surface area contributed by atoms with E-state index in [9.17, 15) is 5.26 Å². The zero-order valence-corrected chi connectivity index (χ0v) is 14.7. The summed E-state index contributed by atoms with van der Waals surface area (Å²) in [5, 5.41) is 10.4. The lowest BCUT2D eigenvalue weighted by molar-refractivity contribution is 0.218. The molecule has 0 N–H and O–H groups in total. The van der Waals surface area contributed by atoms with Crippen LogP contribution in [-0.2, 0) is 12.8 Å². The number of hydrogen-bond donors (Lipinski definition) is 0. The van der Waals surface area contributed by atoms with Gasteiger partial charge >= 0.3 is 0 Å². The molecule has 1 aliphatic carbocycles. The van der Waals surface area contributed by atoms with Gasteiger partial charge in [-0.1, -0.05) is 26.8 Å². The van der Waals surface area contributed by atoms with Gasteiger partial charge in [0.05, 0.1) is 17.5 Å². The average Bonchev–Trinajstić information content (AvgIpc) is 2.89. The number of hydrogen-bond acceptors (Lipinski definition) is 4. The summed E-state index contributed by atoms with van der Waals surface area (Å²) >= 11 is 1.68. The van der Waals surface area contributed by atoms with Gasteiger partial charge in [0.1, 0.15) is 11.1 Å². The van der Waals surface area contributed by atoms with E-state index < -0.39 is 0 Å². The smallest absolute Gasteiger partial charge is 0.134 e. The number of nitrogens with zero attached hydrogens (tertiary/aromatic N) is 3. The third kappa shape index (κ3) is 3.35. The summed E-state index contributed by atoms with van der Waals surface area (Å²) < 4.78 is 0. The van der Waals surface area contributed by atoms with E-state index in [0.29, 0.717) is 11.3 Å². The fourth-order valence-electron chi connectivity index (χ4n) is 3.09. The van der Waals surface area contributed by atoms with Gasteiger partial charge in [0.2, 0.25) is 0 Å². The lowest BCUT2D eigenvalue weighted by atomic mass is 9.72. The zero-order chi connectivity index (χ0) is 16.4. The summed E-state index contributed by atoms with van der Waals surface area (Å²) in [5.41, 5.74) is 3.12. The molecule has 0 amide bonds. The molecule has 0 radical (unpaired) electrons. The molecular formula is C19H21N3S. The number of fused-ring (bicyclic) bond motifs is 1. The van der Waals surface area contributed by atoms with Crippen LogP contribution >= 0.6 is 11.3 Å². The largest absolute Gasteiger partial charge is 0.255 e. The maximum Gasteiger partial charge on any atom is 0.134 e. The molecule has 118 valence electrons. The highest BCUT2D eigenvalue weighted by Crippen LogP contribution is 2.44. The second kappa shape index (κ2) is 6.25. The van der Waals surface area contributed by atoms with E-state index in [-0.39, 0.29) is 0 Å². The van der Waals surface area contributed by atoms with Gasteiger partial charge in [-0.25, -0.2) is 4.99 Å². The zero-order valence-electron chi connectivity index (χ0n) is 13.8. The van der Waals surface area contributed by atoms with E-state index in [0.717, 1.165) is 35.5 Å². The molecule has 0 fully saturated rings. The van der Waals surface area contributed by atoms with Crippen LogP contribution in [0.1, 0.15) is 48.9 Å². The van der Waals surface area contributed by atoms with Gasteiger partial charge in [0.25, 0.3) is 0 Å². The molecule has 0 unspecified atom stereocenters. The van der Waals surface area contributed by atoms with Gasteiger partial charge in [-0.15, -0.1) is 11.3 Å². The van der Waals surface area contributed by atoms with Crippen molar-refractivity contribution < 1.29 is 0 Å². The standard InChI is InChI=1S/C19H21N3S/c1-19(2,3)13-7-8-15-16(11-20)18(23-17(15)10-13)22-12-14-6-4-5-9-21-14/h4-6,9,12-13H,7-8,10H2,1-3H3/t13-/m0/s1. The molecule has 1 aliphatic rings. The summed E-state index contributed by atoms with van der Waals surface area (Å²) in [5.74, 6) is 0.674. The van der Waals surface area contributed by atoms with Gasteiger partial charge in [0, 0.05) is 11.1 Å². The first-order chi connectivity index (χ1) is 11.0. The first-order valence-electron chi connectivity index (χ1n) is 7.99. The topological polar surface area (TPSA) is 49.0 Å². The Morgan fingerprint density at radius 3 is 2.87 bits per heavy atom. The molecule has 0 saturated heterocycles. The van der Waals surface area contributed by atoms with E-state index in [1.807, 2.05) is 18.2 Å². The maximum atomic E-state index is 9.55. The van der Waals surface area contributed by atoms with Crippen LogP contribution in [0.5, 0.6) is 0 Å². The van der Waals surface area contributed by atoms with Gasteiger partial charge in [0.15, 0.2) is 0 Å². The van der Waals surface area contributed by atoms with E-state index in [1.54, 1.807) is 23.7 Å². The summed E-state index contributed by atoms with van der Waals surface area (Å²) in [6.45, 7) is 6.92. The third-order valence-corrected chi connectivity index (χ3v) is 5.75. The van der Waals surface area contributed by atoms with Crippen molar-refractivity contribution in [2.75, 3.05) is 0 Å². The number of nitriles is 1. The Labute approximate surface area is 141 Å². The van der Waals surface area contributed by atoms with Crippen LogP contribution in [0.2, 0.25) is 0 Å². The molecule has 2 aromatic rings. The second-order valence-corrected chi connectivity index (χ2v) is 8.20. The molecule has 3 rings (SSSR count). The summed E-state index contributed by atoms with van der Waals surface area (Å²) in [6.07, 6.45) is 6.72. The van der Waals surface area contributed by atoms with Crippen LogP contribution in [0, 0.1) is 22.7 Å². The van der Waals surface area contributed by atoms with Gasteiger partial charge in [-0.3, -0.25) is 4.98 Å². The molecule has 0 spiro atoms. The molecule has 23 heavy (non-hydrogen) atoms. The average molecular weight is 323 g/mol. The lowest BCUT2D eigenvalue weighted by Crippen LogP contribution is -2.26. The van der Waals surface area contributed by atoms with Crippen molar-refractivity contribution in [3.8, 4) is 6.07 Å². The predicted octanol–water partition coefficient (Wildman–Crippen LogP) is 4.92. The minimum Gasteiger partial charge on any atom is -0.255 e. The highest BCUT2D eigenvalue weighted by atomic mass is 32.1. The number of thiophene rings is 1. The van der Waals surface area contributed by atoms with Crippen LogP contribution in [0.15, 0.2) is 29.4 Å². The Morgan fingerprint density at radius 2 is 2.22 bits per heavy atom. The summed E-state index contributed by atoms with van der Waals surface area (Å²) in [6, 6.07) is 8.11. The number of pyridine rings is 1. The minimum atomic E-state index is 0.311. The Kier molecular flexibility index (Phi) is 4.32. The van der Waals surface area contributed by atoms with Crippen molar-refractivity contribution in [3.05, 3.63) is 46.1 Å². The van der Waals surface area contributed by atoms with Crippen molar-refractivity contribution in [2.24, 2.45) is 16.3 Å². The van der Waals surface area contributed by atoms with Crippen molar-refractivity contribution in [1.29, 1.82) is 5.26 Å². The summed E-state index contributed by atoms with van der Waals surface area (Å²) in [7, 11) is 0. The number of aromatic nitrogens is 1. The van der Waals surface area contributed by atoms with E-state index >= 15 is 0 Å². The molecule has 4 heteroatoms. The molecule has 0 bridgehead atoms. The van der Waals surface area contributed by atoms with Crippen molar-refractivity contribution >= 4 is 22.6 Å². The fraction of sp³-hybridized carbons (Fsp3) is 0.421. The van der Waals surface area contributed by atoms with Crippen molar-refractivity contribution in [2.45, 2.75) is 40.0 Å². The molecule has 2 heterocycles.